The van der Waals surface area contributed by atoms with E-state index in [1.807, 2.05) is 26.0 Å². The molecule has 1 aromatic carbocycles. The number of nitrogens with zero attached hydrogens (tertiary/aromatic N) is 4. The number of H-pyrrole nitrogens is 1. The summed E-state index contributed by atoms with van der Waals surface area (Å²) in [5.74, 6) is 1.30. The Kier molecular flexibility index (Phi) is 4.55. The van der Waals surface area contributed by atoms with E-state index in [9.17, 15) is 4.79 Å². The first-order valence-corrected chi connectivity index (χ1v) is 9.69. The molecule has 1 fully saturated rings. The van der Waals surface area contributed by atoms with Crippen LogP contribution in [-0.2, 0) is 0 Å². The highest BCUT2D eigenvalue weighted by Crippen LogP contribution is 2.21. The molecular weight excluding hydrogens is 358 g/mol. The smallest absolute Gasteiger partial charge is 0.264 e. The maximum absolute atomic E-state index is 12.8. The molecule has 0 saturated carbocycles. The molecule has 0 bridgehead atoms. The van der Waals surface area contributed by atoms with Crippen molar-refractivity contribution in [3.63, 3.8) is 0 Å². The van der Waals surface area contributed by atoms with Gasteiger partial charge in [0.15, 0.2) is 5.65 Å². The molecule has 0 aliphatic carbocycles. The lowest BCUT2D eigenvalue weighted by atomic mass is 10.00. The quantitative estimate of drug-likeness (QED) is 0.686. The van der Waals surface area contributed by atoms with E-state index in [1.165, 1.54) is 5.56 Å². The molecule has 4 rings (SSSR count). The van der Waals surface area contributed by atoms with Crippen molar-refractivity contribution >= 4 is 29.2 Å². The zero-order chi connectivity index (χ0) is 19.1. The second-order valence-corrected chi connectivity index (χ2v) is 7.85. The monoisotopic (exact) mass is 381 g/mol. The van der Waals surface area contributed by atoms with Crippen LogP contribution in [-0.4, -0.2) is 32.6 Å². The molecule has 0 unspecified atom stereocenters. The first kappa shape index (κ1) is 17.9. The van der Waals surface area contributed by atoms with Crippen LogP contribution in [0, 0.1) is 24.4 Å². The lowest BCUT2D eigenvalue weighted by Gasteiger charge is -2.30. The van der Waals surface area contributed by atoms with Crippen LogP contribution in [0.3, 0.4) is 0 Å². The molecule has 3 aromatic rings. The van der Waals surface area contributed by atoms with E-state index >= 15 is 0 Å². The van der Waals surface area contributed by atoms with Crippen molar-refractivity contribution in [2.24, 2.45) is 5.92 Å². The van der Waals surface area contributed by atoms with Gasteiger partial charge < -0.3 is 4.90 Å². The third kappa shape index (κ3) is 3.27. The Hall–Kier alpha value is -2.54. The summed E-state index contributed by atoms with van der Waals surface area (Å²) in [5, 5.41) is 0.363. The molecule has 7 heteroatoms. The standard InChI is InChI=1S/C20H23N5OS/c1-12-6-8-24(9-7-12)20-22-17-16(18(26)23-20)19(27)25(11-21-17)15-5-4-13(2)10-14(15)3/h4-5,10-12H,6-9H2,1-3H3,(H,22,23,26). The van der Waals surface area contributed by atoms with Crippen LogP contribution in [0.5, 0.6) is 0 Å². The fraction of sp³-hybridized carbons (Fsp3) is 0.400. The minimum absolute atomic E-state index is 0.231. The zero-order valence-corrected chi connectivity index (χ0v) is 16.6. The average molecular weight is 382 g/mol. The molecule has 1 aliphatic heterocycles. The third-order valence-corrected chi connectivity index (χ3v) is 5.71. The Morgan fingerprint density at radius 3 is 2.67 bits per heavy atom. The number of hydrogen-bond acceptors (Lipinski definition) is 5. The molecule has 6 nitrogen and oxygen atoms in total. The van der Waals surface area contributed by atoms with Gasteiger partial charge in [-0.15, -0.1) is 0 Å². The highest BCUT2D eigenvalue weighted by Gasteiger charge is 2.19. The highest BCUT2D eigenvalue weighted by atomic mass is 32.1. The predicted octanol–water partition coefficient (Wildman–Crippen LogP) is 3.69. The molecule has 1 saturated heterocycles. The molecule has 3 heterocycles. The number of nitrogens with one attached hydrogen (secondary N) is 1. The van der Waals surface area contributed by atoms with E-state index in [0.29, 0.717) is 27.5 Å². The summed E-state index contributed by atoms with van der Waals surface area (Å²) < 4.78 is 2.21. The van der Waals surface area contributed by atoms with Crippen molar-refractivity contribution in [2.45, 2.75) is 33.6 Å². The van der Waals surface area contributed by atoms with Crippen LogP contribution >= 0.6 is 12.2 Å². The van der Waals surface area contributed by atoms with Crippen LogP contribution in [0.25, 0.3) is 16.7 Å². The van der Waals surface area contributed by atoms with Gasteiger partial charge in [-0.1, -0.05) is 36.8 Å². The Morgan fingerprint density at radius 1 is 1.22 bits per heavy atom. The summed E-state index contributed by atoms with van der Waals surface area (Å²) >= 11 is 5.62. The van der Waals surface area contributed by atoms with Crippen LogP contribution in [0.2, 0.25) is 0 Å². The SMILES string of the molecule is Cc1ccc(-n2cnc3nc(N4CCC(C)CC4)[nH]c(=O)c3c2=S)c(C)c1. The molecule has 140 valence electrons. The normalized spacial score (nSPS) is 15.4. The average Bonchev–Trinajstić information content (AvgIpc) is 2.63. The molecule has 0 radical (unpaired) electrons. The fourth-order valence-electron chi connectivity index (χ4n) is 3.64. The summed E-state index contributed by atoms with van der Waals surface area (Å²) in [5.41, 5.74) is 3.35. The predicted molar refractivity (Wildman–Crippen MR) is 110 cm³/mol. The highest BCUT2D eigenvalue weighted by molar-refractivity contribution is 7.71. The van der Waals surface area contributed by atoms with Gasteiger partial charge in [-0.25, -0.2) is 4.98 Å². The van der Waals surface area contributed by atoms with Gasteiger partial charge in [0.2, 0.25) is 5.95 Å². The van der Waals surface area contributed by atoms with Gasteiger partial charge in [-0.05, 0) is 44.2 Å². The topological polar surface area (TPSA) is 66.8 Å². The van der Waals surface area contributed by atoms with E-state index < -0.39 is 0 Å². The molecule has 0 amide bonds. The van der Waals surface area contributed by atoms with Gasteiger partial charge in [0.25, 0.3) is 5.56 Å². The molecule has 0 spiro atoms. The lowest BCUT2D eigenvalue weighted by molar-refractivity contribution is 0.434. The molecule has 0 atom stereocenters. The van der Waals surface area contributed by atoms with Gasteiger partial charge in [0.1, 0.15) is 16.4 Å². The maximum atomic E-state index is 12.8. The van der Waals surface area contributed by atoms with Gasteiger partial charge in [-0.3, -0.25) is 14.3 Å². The van der Waals surface area contributed by atoms with Crippen molar-refractivity contribution in [1.82, 2.24) is 19.5 Å². The van der Waals surface area contributed by atoms with Crippen molar-refractivity contribution < 1.29 is 0 Å². The Labute approximate surface area is 162 Å². The lowest BCUT2D eigenvalue weighted by Crippen LogP contribution is -2.35. The number of piperidine rings is 1. The van der Waals surface area contributed by atoms with Crippen LogP contribution in [0.1, 0.15) is 30.9 Å². The number of rotatable bonds is 2. The Balaban J connectivity index is 1.82. The van der Waals surface area contributed by atoms with Gasteiger partial charge in [-0.2, -0.15) is 4.98 Å². The van der Waals surface area contributed by atoms with Gasteiger partial charge >= 0.3 is 0 Å². The van der Waals surface area contributed by atoms with E-state index in [4.69, 9.17) is 12.2 Å². The largest absolute Gasteiger partial charge is 0.342 e. The van der Waals surface area contributed by atoms with Crippen molar-refractivity contribution in [3.8, 4) is 5.69 Å². The summed E-state index contributed by atoms with van der Waals surface area (Å²) in [6.45, 7) is 8.12. The zero-order valence-electron chi connectivity index (χ0n) is 15.8. The number of anilines is 1. The first-order chi connectivity index (χ1) is 12.9. The number of aryl methyl sites for hydroxylation is 2. The second-order valence-electron chi connectivity index (χ2n) is 7.47. The second kappa shape index (κ2) is 6.88. The Bertz CT molecular complexity index is 1130. The van der Waals surface area contributed by atoms with Crippen LogP contribution in [0.4, 0.5) is 5.95 Å². The summed E-state index contributed by atoms with van der Waals surface area (Å²) in [4.78, 5) is 26.9. The molecule has 27 heavy (non-hydrogen) atoms. The fourth-order valence-corrected chi connectivity index (χ4v) is 3.97. The van der Waals surface area contributed by atoms with Gasteiger partial charge in [0.05, 0.1) is 5.69 Å². The van der Waals surface area contributed by atoms with E-state index in [0.717, 1.165) is 37.2 Å². The maximum Gasteiger partial charge on any atom is 0.264 e. The van der Waals surface area contributed by atoms with Crippen molar-refractivity contribution in [2.75, 3.05) is 18.0 Å². The summed E-state index contributed by atoms with van der Waals surface area (Å²) in [7, 11) is 0. The first-order valence-electron chi connectivity index (χ1n) is 9.28. The van der Waals surface area contributed by atoms with Gasteiger partial charge in [0, 0.05) is 13.1 Å². The van der Waals surface area contributed by atoms with E-state index in [2.05, 4.69) is 32.8 Å². The van der Waals surface area contributed by atoms with Crippen molar-refractivity contribution in [3.05, 3.63) is 50.6 Å². The summed E-state index contributed by atoms with van der Waals surface area (Å²) in [6, 6.07) is 6.11. The number of aromatic nitrogens is 4. The van der Waals surface area contributed by atoms with E-state index in [1.54, 1.807) is 10.9 Å². The minimum atomic E-state index is -0.231. The summed E-state index contributed by atoms with van der Waals surface area (Å²) in [6.07, 6.45) is 3.86. The number of aromatic amines is 1. The van der Waals surface area contributed by atoms with Crippen LogP contribution in [0.15, 0.2) is 29.3 Å². The molecular formula is C20H23N5OS. The van der Waals surface area contributed by atoms with E-state index in [-0.39, 0.29) is 5.56 Å². The van der Waals surface area contributed by atoms with Crippen LogP contribution < -0.4 is 10.5 Å². The Morgan fingerprint density at radius 2 is 1.96 bits per heavy atom. The van der Waals surface area contributed by atoms with Crippen molar-refractivity contribution in [1.29, 1.82) is 0 Å². The number of benzene rings is 1. The number of hydrogen-bond donors (Lipinski definition) is 1. The molecule has 1 N–H and O–H groups in total. The molecule has 2 aromatic heterocycles. The number of fused-ring (bicyclic) bond motifs is 1. The minimum Gasteiger partial charge on any atom is -0.342 e. The molecule has 1 aliphatic rings. The third-order valence-electron chi connectivity index (χ3n) is 5.31.